The molecule has 7 heterocycles. The number of benzene rings is 9. The Morgan fingerprint density at radius 3 is 1.39 bits per heavy atom. The van der Waals surface area contributed by atoms with Gasteiger partial charge >= 0.3 is 5.97 Å². The lowest BCUT2D eigenvalue weighted by molar-refractivity contribution is -0.143. The van der Waals surface area contributed by atoms with E-state index in [9.17, 15) is 30.3 Å². The van der Waals surface area contributed by atoms with Crippen LogP contribution in [0.1, 0.15) is 180 Å². The number of aromatic nitrogens is 12. The summed E-state index contributed by atoms with van der Waals surface area (Å²) in [6, 6.07) is 47.9. The molecule has 16 aromatic rings. The lowest BCUT2D eigenvalue weighted by atomic mass is 9.84. The first-order chi connectivity index (χ1) is 57.1. The number of phenolic OH excluding ortho intramolecular Hbond substituents is 5. The smallest absolute Gasteiger partial charge is 0.306 e. The molecule has 22 heteroatoms. The summed E-state index contributed by atoms with van der Waals surface area (Å²) in [6.45, 7) is 27.9. The number of hydrogen-bond donors (Lipinski definition) is 5. The molecule has 0 unspecified atom stereocenters. The average molecular weight is 1650 g/mol. The number of aromatic hydroxyl groups is 5. The lowest BCUT2D eigenvalue weighted by Crippen LogP contribution is -2.13. The van der Waals surface area contributed by atoms with Crippen LogP contribution in [0.3, 0.4) is 0 Å². The van der Waals surface area contributed by atoms with Crippen LogP contribution in [0, 0.1) is 106 Å². The maximum absolute atomic E-state index is 12.3. The van der Waals surface area contributed by atoms with E-state index in [-0.39, 0.29) is 56.9 Å². The van der Waals surface area contributed by atoms with Crippen molar-refractivity contribution in [2.24, 2.45) is 0 Å². The number of para-hydroxylation sites is 2. The Labute approximate surface area is 720 Å². The molecule has 0 fully saturated rings. The number of phenols is 5. The van der Waals surface area contributed by atoms with Gasteiger partial charge in [-0.2, -0.15) is 0 Å². The fraction of sp³-hybridized carbons (Fsp3) is 0.278. The van der Waals surface area contributed by atoms with Crippen LogP contribution in [-0.2, 0) is 26.8 Å². The number of ether oxygens (including phenoxy) is 2. The monoisotopic (exact) mass is 1650 g/mol. The van der Waals surface area contributed by atoms with E-state index in [1.165, 1.54) is 25.7 Å². The number of rotatable bonds is 20. The van der Waals surface area contributed by atoms with Crippen LogP contribution < -0.4 is 4.74 Å². The van der Waals surface area contributed by atoms with Crippen molar-refractivity contribution < 1.29 is 56.9 Å². The summed E-state index contributed by atoms with van der Waals surface area (Å²) in [5.41, 5.74) is 18.3. The Balaban J connectivity index is 0.000000855. The third-order valence-corrected chi connectivity index (χ3v) is 20.7. The van der Waals surface area contributed by atoms with E-state index in [0.717, 1.165) is 120 Å². The predicted molar refractivity (Wildman–Crippen MR) is 497 cm³/mol. The molecule has 16 rings (SSSR count). The Kier molecular flexibility index (Phi) is 24.8. The molecule has 0 saturated carbocycles. The quantitative estimate of drug-likeness (QED) is 0.0275. The number of esters is 1. The molecule has 0 bridgehead atoms. The van der Waals surface area contributed by atoms with E-state index in [0.29, 0.717) is 87.4 Å². The summed E-state index contributed by atoms with van der Waals surface area (Å²) in [5, 5.41) is 55.1. The van der Waals surface area contributed by atoms with Gasteiger partial charge in [0.05, 0.1) is 29.9 Å². The van der Waals surface area contributed by atoms with Crippen LogP contribution in [0.25, 0.3) is 84.3 Å². The Bertz CT molecular complexity index is 6760. The summed E-state index contributed by atoms with van der Waals surface area (Å²) in [7, 11) is 0. The largest absolute Gasteiger partial charge is 0.507 e. The van der Waals surface area contributed by atoms with E-state index >= 15 is 0 Å². The number of carbonyl (C=O) groups is 1. The van der Waals surface area contributed by atoms with Gasteiger partial charge in [0.2, 0.25) is 0 Å². The summed E-state index contributed by atoms with van der Waals surface area (Å²) in [6.07, 6.45) is 15.0. The third-order valence-electron chi connectivity index (χ3n) is 20.2. The first-order valence-electron chi connectivity index (χ1n) is 39.7. The molecule has 5 N–H and O–H groups in total. The molecular weight excluding hydrogens is 1530 g/mol. The van der Waals surface area contributed by atoms with Crippen molar-refractivity contribution in [1.82, 2.24) is 57.1 Å². The molecule has 7 aromatic heterocycles. The molecule has 0 aliphatic heterocycles. The summed E-state index contributed by atoms with van der Waals surface area (Å²) < 4.78 is 23.2. The Morgan fingerprint density at radius 1 is 0.445 bits per heavy atom. The highest BCUT2D eigenvalue weighted by Gasteiger charge is 2.33. The number of nitrogens with zero attached hydrogens (tertiary/aromatic N) is 12. The highest BCUT2D eigenvalue weighted by Crippen LogP contribution is 2.43. The molecule has 628 valence electrons. The van der Waals surface area contributed by atoms with E-state index < -0.39 is 0 Å². The number of fused-ring (bicyclic) bond motifs is 12. The van der Waals surface area contributed by atoms with E-state index in [2.05, 4.69) is 138 Å². The van der Waals surface area contributed by atoms with Crippen LogP contribution in [0.5, 0.6) is 34.5 Å². The molecule has 9 aromatic carbocycles. The highest BCUT2D eigenvalue weighted by atomic mass is 35.5. The predicted octanol–water partition coefficient (Wildman–Crippen LogP) is 23.1. The van der Waals surface area contributed by atoms with Gasteiger partial charge in [-0.05, 0) is 278 Å². The molecule has 0 atom stereocenters. The van der Waals surface area contributed by atoms with Crippen molar-refractivity contribution in [2.45, 2.75) is 165 Å². The second-order valence-corrected chi connectivity index (χ2v) is 32.5. The summed E-state index contributed by atoms with van der Waals surface area (Å²) >= 11 is 12.2. The van der Waals surface area contributed by atoms with Crippen molar-refractivity contribution in [3.05, 3.63) is 212 Å². The zero-order valence-corrected chi connectivity index (χ0v) is 70.6. The number of unbranched alkanes of at least 4 members (excludes halogenated alkanes) is 6. The Morgan fingerprint density at radius 2 is 0.891 bits per heavy atom. The van der Waals surface area contributed by atoms with Crippen LogP contribution >= 0.6 is 23.2 Å². The lowest BCUT2D eigenvalue weighted by Gasteiger charge is -2.22. The second kappa shape index (κ2) is 35.5. The fourth-order valence-corrected chi connectivity index (χ4v) is 14.4. The minimum Gasteiger partial charge on any atom is -0.507 e. The number of terminal acetylenes is 1. The topological polar surface area (TPSA) is 217 Å². The third kappa shape index (κ3) is 18.5. The van der Waals surface area contributed by atoms with Gasteiger partial charge in [-0.1, -0.05) is 154 Å². The zero-order chi connectivity index (χ0) is 84.7. The molecule has 20 nitrogen and oxygen atoms in total. The van der Waals surface area contributed by atoms with Crippen molar-refractivity contribution in [2.75, 3.05) is 13.2 Å². The summed E-state index contributed by atoms with van der Waals surface area (Å²) in [4.78, 5) is 32.1. The normalized spacial score (nSPS) is 11.2. The van der Waals surface area contributed by atoms with E-state index in [4.69, 9.17) is 49.1 Å². The van der Waals surface area contributed by atoms with Crippen LogP contribution in [-0.4, -0.2) is 102 Å². The molecule has 0 saturated heterocycles. The second-order valence-electron chi connectivity index (χ2n) is 31.6. The number of aryl methyl sites for hydroxylation is 6. The van der Waals surface area contributed by atoms with Gasteiger partial charge in [0.1, 0.15) is 78.9 Å². The van der Waals surface area contributed by atoms with Gasteiger partial charge in [0, 0.05) is 50.3 Å². The maximum atomic E-state index is 12.3. The minimum atomic E-state index is -0.247. The highest BCUT2D eigenvalue weighted by molar-refractivity contribution is 6.31. The van der Waals surface area contributed by atoms with E-state index in [1.807, 2.05) is 191 Å². The van der Waals surface area contributed by atoms with Crippen LogP contribution in [0.4, 0.5) is 0 Å². The number of carbonyl (C=O) groups excluding carboxylic acids is 1. The number of halogens is 2. The molecule has 119 heavy (non-hydrogen) atoms. The van der Waals surface area contributed by atoms with Gasteiger partial charge in [-0.25, -0.2) is 15.0 Å². The molecule has 0 radical (unpaired) electrons. The van der Waals surface area contributed by atoms with Gasteiger partial charge in [-0.3, -0.25) is 4.79 Å². The van der Waals surface area contributed by atoms with Crippen LogP contribution in [0.2, 0.25) is 10.0 Å². The Hall–Kier alpha value is -13.6. The van der Waals surface area contributed by atoms with Gasteiger partial charge in [0.15, 0.2) is 23.2 Å². The van der Waals surface area contributed by atoms with Crippen molar-refractivity contribution in [3.8, 4) is 157 Å². The number of hydrogen-bond acceptors (Lipinski definition) is 11. The molecule has 0 aliphatic rings. The average Bonchev–Trinajstić information content (AvgIpc) is 1.52. The molecular formula is C97H118Cl2N12O8. The molecule has 0 aliphatic carbocycles. The first kappa shape index (κ1) is 83.3. The zero-order valence-electron chi connectivity index (χ0n) is 69.1. The van der Waals surface area contributed by atoms with Gasteiger partial charge in [0.25, 0.3) is 0 Å². The first-order valence-corrected chi connectivity index (χ1v) is 40.5. The van der Waals surface area contributed by atoms with Crippen molar-refractivity contribution in [1.29, 1.82) is 0 Å². The summed E-state index contributed by atoms with van der Waals surface area (Å²) in [5.74, 6) is 30.5. The van der Waals surface area contributed by atoms with Gasteiger partial charge < -0.3 is 35.0 Å². The fourth-order valence-electron chi connectivity index (χ4n) is 14.0. The van der Waals surface area contributed by atoms with Crippen LogP contribution in [0.15, 0.2) is 152 Å². The SMILES string of the molecule is C#CC#CC#CC#CC#CC#Cc1cc(C)cc(-n2n3c4ccccc4n23)c1O.CCCCCCCCOC(=O)CCc1cc(-n2n3c4ccc(Cl)cc4n23)c(O)c(C(C)(C)C)c1.CCCCOc1ccc(-c2nc(-c3ccc(C)cc3O)nc(-c3ccc(C)cc3O)n2)c(C)c1.Cc1cc(-n2n3c4ccc(Cl)cc4n23)c(O)c(C(C)(C)C)c1.[HH].[HH].[HH].[HH].[HH].[HH].[HH].[HH].[HH].[HH].[HH].[HH]. The minimum absolute atomic E-state index is 0. The maximum Gasteiger partial charge on any atom is 0.306 e. The van der Waals surface area contributed by atoms with E-state index in [1.54, 1.807) is 24.3 Å². The van der Waals surface area contributed by atoms with Gasteiger partial charge in [-0.15, -0.1) is 48.6 Å². The molecule has 0 amide bonds. The van der Waals surface area contributed by atoms with Crippen molar-refractivity contribution >= 4 is 62.3 Å². The van der Waals surface area contributed by atoms with Crippen molar-refractivity contribution in [3.63, 3.8) is 0 Å². The molecule has 0 spiro atoms. The standard InChI is InChI=1S/C28H29N3O3.C27H36ClN3O3.C25H11N3O.C17H18ClN3O.12H2/c1-5-6-13-34-20-9-12-21(19(4)16-20)26-29-27(22-10-7-17(2)14-24(22)32)31-28(30-26)23-11-8-18(3)15-25(23)33;1-5-6-7-8-9-10-15-34-25(32)14-11-19-16-21(27(2,3)4)26(33)24(17-19)31-29-22-13-12-20(28)18-23(22)30(29)31;1-3-4-5-6-7-8-9-10-11-12-15-21-18-20(2)19-24(25(21)29)28-26-22-16-13-14-17-23(22)27(26)28;1-10-7-12(17(2,3)4)16(22)15(8-10)21-19-13-6-5-11(18)9-14(13)20(19)21;;;;;;;;;;;;/h7-12,14-16,32-33H,5-6,13H2,1-4H3;12-13,16-18,33H,5-11,14-15H2,1-4H3;1,13-14,16-19,29H,2H3;5-9,22H,1-4H3;12*1H.